The predicted octanol–water partition coefficient (Wildman–Crippen LogP) is 3.15. The van der Waals surface area contributed by atoms with E-state index < -0.39 is 17.8 Å². The van der Waals surface area contributed by atoms with Gasteiger partial charge in [0.15, 0.2) is 0 Å². The molecule has 0 heterocycles. The number of carboxylic acid groups (broad SMARTS) is 1. The average Bonchev–Trinajstić information content (AvgIpc) is 2.90. The van der Waals surface area contributed by atoms with Gasteiger partial charge in [-0.05, 0) is 37.0 Å². The van der Waals surface area contributed by atoms with Crippen LogP contribution in [-0.2, 0) is 16.0 Å². The van der Waals surface area contributed by atoms with Gasteiger partial charge in [-0.2, -0.15) is 0 Å². The lowest BCUT2D eigenvalue weighted by Gasteiger charge is -2.15. The van der Waals surface area contributed by atoms with Crippen LogP contribution in [0.3, 0.4) is 0 Å². The normalized spacial score (nSPS) is 21.2. The summed E-state index contributed by atoms with van der Waals surface area (Å²) in [5.74, 6) is -2.02. The van der Waals surface area contributed by atoms with E-state index in [-0.39, 0.29) is 5.91 Å². The summed E-state index contributed by atoms with van der Waals surface area (Å²) in [4.78, 5) is 23.1. The van der Waals surface area contributed by atoms with Gasteiger partial charge >= 0.3 is 5.97 Å². The second kappa shape index (κ2) is 7.14. The van der Waals surface area contributed by atoms with Crippen molar-refractivity contribution in [3.05, 3.63) is 33.8 Å². The van der Waals surface area contributed by atoms with Crippen LogP contribution in [0.5, 0.6) is 0 Å². The summed E-state index contributed by atoms with van der Waals surface area (Å²) in [7, 11) is 0. The van der Waals surface area contributed by atoms with Crippen LogP contribution in [0, 0.1) is 11.8 Å². The fourth-order valence-electron chi connectivity index (χ4n) is 2.75. The van der Waals surface area contributed by atoms with E-state index in [1.165, 1.54) is 0 Å². The van der Waals surface area contributed by atoms with Crippen LogP contribution in [-0.4, -0.2) is 23.5 Å². The van der Waals surface area contributed by atoms with Crippen molar-refractivity contribution in [1.29, 1.82) is 0 Å². The van der Waals surface area contributed by atoms with Gasteiger partial charge in [0.2, 0.25) is 5.91 Å². The molecule has 1 saturated carbocycles. The lowest BCUT2D eigenvalue weighted by Crippen LogP contribution is -2.36. The molecular formula is C15H17Cl2NO3. The first kappa shape index (κ1) is 16.1. The first-order valence-electron chi connectivity index (χ1n) is 6.93. The van der Waals surface area contributed by atoms with Gasteiger partial charge in [-0.25, -0.2) is 0 Å². The highest BCUT2D eigenvalue weighted by Gasteiger charge is 2.37. The van der Waals surface area contributed by atoms with Crippen molar-refractivity contribution < 1.29 is 14.7 Å². The maximum absolute atomic E-state index is 12.1. The summed E-state index contributed by atoms with van der Waals surface area (Å²) < 4.78 is 0. The molecular weight excluding hydrogens is 313 g/mol. The highest BCUT2D eigenvalue weighted by molar-refractivity contribution is 6.35. The molecule has 114 valence electrons. The Kier molecular flexibility index (Phi) is 5.48. The number of hydrogen-bond acceptors (Lipinski definition) is 2. The minimum absolute atomic E-state index is 0.176. The maximum Gasteiger partial charge on any atom is 0.307 e. The number of hydrogen-bond donors (Lipinski definition) is 2. The lowest BCUT2D eigenvalue weighted by molar-refractivity contribution is -0.146. The Morgan fingerprint density at radius 3 is 2.62 bits per heavy atom. The lowest BCUT2D eigenvalue weighted by atomic mass is 9.95. The maximum atomic E-state index is 12.1. The molecule has 0 saturated heterocycles. The fourth-order valence-corrected chi connectivity index (χ4v) is 3.25. The summed E-state index contributed by atoms with van der Waals surface area (Å²) in [6.07, 6.45) is 2.60. The molecule has 1 aliphatic carbocycles. The Morgan fingerprint density at radius 2 is 1.95 bits per heavy atom. The van der Waals surface area contributed by atoms with Gasteiger partial charge in [0, 0.05) is 16.6 Å². The highest BCUT2D eigenvalue weighted by atomic mass is 35.5. The Labute approximate surface area is 133 Å². The standard InChI is InChI=1S/C15H17Cl2NO3/c16-10-5-4-9(13(17)8-10)6-7-18-14(19)11-2-1-3-12(11)15(20)21/h4-5,8,11-12H,1-3,6-7H2,(H,18,19)(H,20,21). The number of carbonyl (C=O) groups is 2. The van der Waals surface area contributed by atoms with Crippen LogP contribution in [0.15, 0.2) is 18.2 Å². The molecule has 0 radical (unpaired) electrons. The summed E-state index contributed by atoms with van der Waals surface area (Å²) >= 11 is 11.9. The van der Waals surface area contributed by atoms with Gasteiger partial charge in [0.25, 0.3) is 0 Å². The first-order valence-corrected chi connectivity index (χ1v) is 7.69. The predicted molar refractivity (Wildman–Crippen MR) is 81.6 cm³/mol. The Balaban J connectivity index is 1.85. The van der Waals surface area contributed by atoms with E-state index in [1.807, 2.05) is 6.07 Å². The van der Waals surface area contributed by atoms with Crippen molar-refractivity contribution in [2.24, 2.45) is 11.8 Å². The number of nitrogens with one attached hydrogen (secondary N) is 1. The van der Waals surface area contributed by atoms with E-state index in [0.29, 0.717) is 35.9 Å². The minimum atomic E-state index is -0.881. The molecule has 0 aromatic heterocycles. The van der Waals surface area contributed by atoms with Crippen LogP contribution in [0.25, 0.3) is 0 Å². The van der Waals surface area contributed by atoms with E-state index in [4.69, 9.17) is 28.3 Å². The van der Waals surface area contributed by atoms with Crippen molar-refractivity contribution in [3.8, 4) is 0 Å². The number of aliphatic carboxylic acids is 1. The van der Waals surface area contributed by atoms with Crippen molar-refractivity contribution in [3.63, 3.8) is 0 Å². The molecule has 2 N–H and O–H groups in total. The van der Waals surface area contributed by atoms with Gasteiger partial charge in [0.1, 0.15) is 0 Å². The molecule has 1 aliphatic rings. The average molecular weight is 330 g/mol. The largest absolute Gasteiger partial charge is 0.481 e. The van der Waals surface area contributed by atoms with E-state index in [2.05, 4.69) is 5.32 Å². The van der Waals surface area contributed by atoms with Gasteiger partial charge in [-0.3, -0.25) is 9.59 Å². The van der Waals surface area contributed by atoms with Crippen molar-refractivity contribution in [2.75, 3.05) is 6.54 Å². The third-order valence-electron chi connectivity index (χ3n) is 3.88. The van der Waals surface area contributed by atoms with Crippen molar-refractivity contribution >= 4 is 35.1 Å². The van der Waals surface area contributed by atoms with Crippen molar-refractivity contribution in [1.82, 2.24) is 5.32 Å². The third-order valence-corrected chi connectivity index (χ3v) is 4.47. The Morgan fingerprint density at radius 1 is 1.24 bits per heavy atom. The van der Waals surface area contributed by atoms with Gasteiger partial charge in [0.05, 0.1) is 11.8 Å². The molecule has 0 bridgehead atoms. The molecule has 6 heteroatoms. The SMILES string of the molecule is O=C(O)C1CCCC1C(=O)NCCc1ccc(Cl)cc1Cl. The number of carboxylic acids is 1. The number of amides is 1. The fraction of sp³-hybridized carbons (Fsp3) is 0.467. The molecule has 1 amide bonds. The van der Waals surface area contributed by atoms with Crippen LogP contribution in [0.1, 0.15) is 24.8 Å². The van der Waals surface area contributed by atoms with Crippen molar-refractivity contribution in [2.45, 2.75) is 25.7 Å². The van der Waals surface area contributed by atoms with E-state index >= 15 is 0 Å². The smallest absolute Gasteiger partial charge is 0.307 e. The van der Waals surface area contributed by atoms with Gasteiger partial charge < -0.3 is 10.4 Å². The first-order chi connectivity index (χ1) is 9.99. The Bertz CT molecular complexity index is 548. The number of rotatable bonds is 5. The summed E-state index contributed by atoms with van der Waals surface area (Å²) in [6.45, 7) is 0.434. The number of halogens is 2. The quantitative estimate of drug-likeness (QED) is 0.871. The van der Waals surface area contributed by atoms with Gasteiger partial charge in [-0.1, -0.05) is 35.7 Å². The zero-order chi connectivity index (χ0) is 15.4. The Hall–Kier alpha value is -1.26. The summed E-state index contributed by atoms with van der Waals surface area (Å²) in [5.41, 5.74) is 0.905. The van der Waals surface area contributed by atoms with E-state index in [9.17, 15) is 9.59 Å². The van der Waals surface area contributed by atoms with Crippen LogP contribution < -0.4 is 5.32 Å². The summed E-state index contributed by atoms with van der Waals surface area (Å²) in [6, 6.07) is 5.24. The second-order valence-electron chi connectivity index (χ2n) is 5.26. The van der Waals surface area contributed by atoms with E-state index in [0.717, 1.165) is 12.0 Å². The minimum Gasteiger partial charge on any atom is -0.481 e. The topological polar surface area (TPSA) is 66.4 Å². The van der Waals surface area contributed by atoms with Gasteiger partial charge in [-0.15, -0.1) is 0 Å². The molecule has 1 aromatic rings. The second-order valence-corrected chi connectivity index (χ2v) is 6.10. The monoisotopic (exact) mass is 329 g/mol. The molecule has 0 spiro atoms. The number of carbonyl (C=O) groups excluding carboxylic acids is 1. The van der Waals surface area contributed by atoms with E-state index in [1.54, 1.807) is 12.1 Å². The summed E-state index contributed by atoms with van der Waals surface area (Å²) in [5, 5.41) is 13.0. The molecule has 2 rings (SSSR count). The highest BCUT2D eigenvalue weighted by Crippen LogP contribution is 2.32. The molecule has 2 unspecified atom stereocenters. The van der Waals surface area contributed by atoms with Crippen LogP contribution >= 0.6 is 23.2 Å². The van der Waals surface area contributed by atoms with Crippen LogP contribution in [0.2, 0.25) is 10.0 Å². The molecule has 2 atom stereocenters. The molecule has 4 nitrogen and oxygen atoms in total. The molecule has 1 aromatic carbocycles. The third kappa shape index (κ3) is 4.11. The molecule has 21 heavy (non-hydrogen) atoms. The zero-order valence-corrected chi connectivity index (χ0v) is 13.0. The molecule has 0 aliphatic heterocycles. The van der Waals surface area contributed by atoms with Crippen LogP contribution in [0.4, 0.5) is 0 Å². The zero-order valence-electron chi connectivity index (χ0n) is 11.4. The molecule has 1 fully saturated rings. The number of benzene rings is 1.